The molecule has 0 aromatic heterocycles. The molecule has 1 saturated heterocycles. The fraction of sp³-hybridized carbons (Fsp3) is 0.500. The molecule has 1 aromatic rings. The molecule has 1 aliphatic heterocycles. The monoisotopic (exact) mass is 181 g/mol. The van der Waals surface area contributed by atoms with Crippen molar-refractivity contribution < 1.29 is 0 Å². The number of hydrogen-bond acceptors (Lipinski definition) is 1. The number of hydrogen-bond donors (Lipinski definition) is 0. The van der Waals surface area contributed by atoms with E-state index in [-0.39, 0.29) is 0 Å². The third kappa shape index (κ3) is 2.23. The van der Waals surface area contributed by atoms with Gasteiger partial charge in [0.2, 0.25) is 0 Å². The molecule has 0 bridgehead atoms. The summed E-state index contributed by atoms with van der Waals surface area (Å²) < 4.78 is 0. The topological polar surface area (TPSA) is 3.24 Å². The van der Waals surface area contributed by atoms with Crippen molar-refractivity contribution in [2.75, 3.05) is 13.1 Å². The molecule has 2 heteroatoms. The van der Waals surface area contributed by atoms with Crippen LogP contribution >= 0.6 is 0 Å². The zero-order chi connectivity index (χ0) is 9.80. The maximum atomic E-state index is 2.62. The SMILES string of the molecule is [Li][CH2]C(c1ccccc1)N1CCCC1. The van der Waals surface area contributed by atoms with Crippen molar-refractivity contribution in [2.45, 2.75) is 24.0 Å². The summed E-state index contributed by atoms with van der Waals surface area (Å²) in [7, 11) is 0. The van der Waals surface area contributed by atoms with Gasteiger partial charge in [-0.3, -0.25) is 0 Å². The van der Waals surface area contributed by atoms with Crippen LogP contribution in [-0.4, -0.2) is 35.7 Å². The molecule has 1 aromatic carbocycles. The molecule has 2 rings (SSSR count). The third-order valence-corrected chi connectivity index (χ3v) is 3.15. The predicted molar refractivity (Wildman–Crippen MR) is 60.6 cm³/mol. The van der Waals surface area contributed by atoms with E-state index in [0.29, 0.717) is 6.04 Å². The van der Waals surface area contributed by atoms with Crippen LogP contribution in [0.4, 0.5) is 0 Å². The summed E-state index contributed by atoms with van der Waals surface area (Å²) in [5, 5.41) is 1.23. The van der Waals surface area contributed by atoms with Crippen LogP contribution < -0.4 is 0 Å². The van der Waals surface area contributed by atoms with Crippen molar-refractivity contribution in [1.29, 1.82) is 0 Å². The minimum atomic E-state index is 0.652. The Balaban J connectivity index is 2.12. The van der Waals surface area contributed by atoms with E-state index in [1.807, 2.05) is 0 Å². The van der Waals surface area contributed by atoms with Gasteiger partial charge in [0.1, 0.15) is 0 Å². The Morgan fingerprint density at radius 1 is 1.14 bits per heavy atom. The van der Waals surface area contributed by atoms with E-state index in [2.05, 4.69) is 52.9 Å². The van der Waals surface area contributed by atoms with Gasteiger partial charge in [0.25, 0.3) is 0 Å². The van der Waals surface area contributed by atoms with Gasteiger partial charge in [-0.15, -0.1) is 0 Å². The van der Waals surface area contributed by atoms with Gasteiger partial charge in [-0.05, 0) is 0 Å². The van der Waals surface area contributed by atoms with Crippen LogP contribution in [0.3, 0.4) is 0 Å². The first-order valence-electron chi connectivity index (χ1n) is 5.71. The third-order valence-electron chi connectivity index (χ3n) is 3.15. The van der Waals surface area contributed by atoms with E-state index in [9.17, 15) is 0 Å². The van der Waals surface area contributed by atoms with Crippen LogP contribution in [0.2, 0.25) is 5.09 Å². The van der Waals surface area contributed by atoms with E-state index in [0.717, 1.165) is 0 Å². The number of rotatable bonds is 3. The van der Waals surface area contributed by atoms with E-state index in [4.69, 9.17) is 0 Å². The Kier molecular flexibility index (Phi) is 3.70. The average Bonchev–Trinajstić information content (AvgIpc) is 2.74. The molecule has 0 saturated carbocycles. The zero-order valence-electron chi connectivity index (χ0n) is 8.95. The quantitative estimate of drug-likeness (QED) is 0.647. The molecular weight excluding hydrogens is 165 g/mol. The maximum absolute atomic E-state index is 2.62. The molecule has 0 N–H and O–H groups in total. The van der Waals surface area contributed by atoms with Crippen molar-refractivity contribution in [3.63, 3.8) is 0 Å². The first kappa shape index (κ1) is 10.3. The molecule has 1 unspecified atom stereocenters. The summed E-state index contributed by atoms with van der Waals surface area (Å²) in [6, 6.07) is 11.6. The summed E-state index contributed by atoms with van der Waals surface area (Å²) in [6.07, 6.45) is 2.76. The molecule has 0 spiro atoms. The Bertz CT molecular complexity index is 267. The average molecular weight is 181 g/mol. The molecule has 0 amide bonds. The van der Waals surface area contributed by atoms with Crippen LogP contribution in [0.1, 0.15) is 24.4 Å². The van der Waals surface area contributed by atoms with Crippen molar-refractivity contribution >= 4 is 17.7 Å². The molecule has 1 nitrogen and oxygen atoms in total. The molecule has 1 heterocycles. The second-order valence-corrected chi connectivity index (χ2v) is 4.08. The second kappa shape index (κ2) is 5.03. The van der Waals surface area contributed by atoms with Gasteiger partial charge in [0.05, 0.1) is 0 Å². The van der Waals surface area contributed by atoms with Crippen LogP contribution in [0.25, 0.3) is 0 Å². The molecule has 14 heavy (non-hydrogen) atoms. The number of benzene rings is 1. The molecule has 1 atom stereocenters. The molecule has 70 valence electrons. The summed E-state index contributed by atoms with van der Waals surface area (Å²) in [6.45, 7) is 2.57. The first-order valence-corrected chi connectivity index (χ1v) is 5.71. The van der Waals surface area contributed by atoms with E-state index < -0.39 is 0 Å². The molecular formula is C12H16LiN. The summed E-state index contributed by atoms with van der Waals surface area (Å²) >= 11 is 2.29. The molecule has 1 fully saturated rings. The van der Waals surface area contributed by atoms with Crippen molar-refractivity contribution in [2.24, 2.45) is 0 Å². The van der Waals surface area contributed by atoms with Crippen molar-refractivity contribution in [3.05, 3.63) is 35.9 Å². The summed E-state index contributed by atoms with van der Waals surface area (Å²) in [5.41, 5.74) is 1.48. The van der Waals surface area contributed by atoms with Gasteiger partial charge in [-0.2, -0.15) is 0 Å². The molecule has 0 radical (unpaired) electrons. The second-order valence-electron chi connectivity index (χ2n) is 4.08. The van der Waals surface area contributed by atoms with Gasteiger partial charge in [0.15, 0.2) is 0 Å². The Morgan fingerprint density at radius 3 is 2.36 bits per heavy atom. The first-order chi connectivity index (χ1) is 6.92. The van der Waals surface area contributed by atoms with Crippen LogP contribution in [-0.2, 0) is 0 Å². The molecule has 0 aliphatic carbocycles. The Labute approximate surface area is 95.7 Å². The molecule has 1 aliphatic rings. The fourth-order valence-electron chi connectivity index (χ4n) is 2.43. The van der Waals surface area contributed by atoms with Crippen LogP contribution in [0, 0.1) is 0 Å². The van der Waals surface area contributed by atoms with Gasteiger partial charge in [-0.25, -0.2) is 0 Å². The Morgan fingerprint density at radius 2 is 1.79 bits per heavy atom. The normalized spacial score (nSPS) is 19.9. The fourth-order valence-corrected chi connectivity index (χ4v) is 2.43. The predicted octanol–water partition coefficient (Wildman–Crippen LogP) is 2.41. The van der Waals surface area contributed by atoms with Crippen molar-refractivity contribution in [1.82, 2.24) is 4.90 Å². The minimum absolute atomic E-state index is 0.652. The van der Waals surface area contributed by atoms with Gasteiger partial charge in [0, 0.05) is 0 Å². The van der Waals surface area contributed by atoms with Gasteiger partial charge >= 0.3 is 95.6 Å². The van der Waals surface area contributed by atoms with Gasteiger partial charge < -0.3 is 0 Å². The van der Waals surface area contributed by atoms with Crippen LogP contribution in [0.5, 0.6) is 0 Å². The van der Waals surface area contributed by atoms with Crippen molar-refractivity contribution in [3.8, 4) is 0 Å². The van der Waals surface area contributed by atoms with Crippen LogP contribution in [0.15, 0.2) is 30.3 Å². The van der Waals surface area contributed by atoms with Gasteiger partial charge in [-0.1, -0.05) is 0 Å². The van der Waals surface area contributed by atoms with E-state index >= 15 is 0 Å². The van der Waals surface area contributed by atoms with E-state index in [1.54, 1.807) is 0 Å². The number of likely N-dealkylation sites (tertiary alicyclic amines) is 1. The number of nitrogens with zero attached hydrogens (tertiary/aromatic N) is 1. The standard InChI is InChI=1S/C12H16N.Li/c1-11(13-9-5-6-10-13)12-7-3-2-4-8-12;/h2-4,7-8,11H,1,5-6,9-10H2;. The summed E-state index contributed by atoms with van der Waals surface area (Å²) in [5.74, 6) is 0. The zero-order valence-corrected chi connectivity index (χ0v) is 8.95. The summed E-state index contributed by atoms with van der Waals surface area (Å²) in [4.78, 5) is 2.62. The van der Waals surface area contributed by atoms with E-state index in [1.165, 1.54) is 36.6 Å². The Hall–Kier alpha value is -0.223.